The zero-order valence-electron chi connectivity index (χ0n) is 8.18. The van der Waals surface area contributed by atoms with Gasteiger partial charge in [-0.05, 0) is 0 Å². The molecule has 1 heterocycles. The molecular weight excluding hydrogens is 183 g/mol. The van der Waals surface area contributed by atoms with E-state index >= 15 is 0 Å². The van der Waals surface area contributed by atoms with Crippen molar-refractivity contribution in [3.63, 3.8) is 0 Å². The van der Waals surface area contributed by atoms with E-state index in [2.05, 4.69) is 24.3 Å². The Morgan fingerprint density at radius 1 is 0.800 bits per heavy atom. The van der Waals surface area contributed by atoms with Crippen LogP contribution in [0.15, 0.2) is 58.9 Å². The molecular formula is C13H9BO. The van der Waals surface area contributed by atoms with Crippen LogP contribution in [0.5, 0.6) is 0 Å². The monoisotopic (exact) mass is 192 g/mol. The van der Waals surface area contributed by atoms with Crippen LogP contribution >= 0.6 is 0 Å². The predicted octanol–water partition coefficient (Wildman–Crippen LogP) is 3.44. The molecule has 0 amide bonds. The van der Waals surface area contributed by atoms with Crippen LogP contribution in [-0.2, 0) is 0 Å². The normalized spacial score (nSPS) is 10.4. The fourth-order valence-electron chi connectivity index (χ4n) is 1.81. The molecule has 0 aliphatic rings. The number of benzene rings is 2. The second-order valence-electron chi connectivity index (χ2n) is 3.52. The molecule has 0 unspecified atom stereocenters. The Kier molecular flexibility index (Phi) is 1.92. The summed E-state index contributed by atoms with van der Waals surface area (Å²) < 4.78 is 5.60. The molecule has 70 valence electrons. The predicted molar refractivity (Wildman–Crippen MR) is 63.0 cm³/mol. The van der Waals surface area contributed by atoms with E-state index in [4.69, 9.17) is 4.33 Å². The van der Waals surface area contributed by atoms with Crippen molar-refractivity contribution in [2.75, 3.05) is 0 Å². The van der Waals surface area contributed by atoms with Gasteiger partial charge in [0, 0.05) is 0 Å². The van der Waals surface area contributed by atoms with E-state index in [1.165, 1.54) is 5.39 Å². The molecule has 0 spiro atoms. The van der Waals surface area contributed by atoms with Gasteiger partial charge in [-0.2, -0.15) is 0 Å². The van der Waals surface area contributed by atoms with Gasteiger partial charge in [-0.15, -0.1) is 0 Å². The van der Waals surface area contributed by atoms with Crippen LogP contribution in [0.3, 0.4) is 0 Å². The van der Waals surface area contributed by atoms with E-state index in [1.54, 1.807) is 7.13 Å². The maximum atomic E-state index is 5.60. The molecule has 1 nitrogen and oxygen atoms in total. The van der Waals surface area contributed by atoms with Crippen molar-refractivity contribution < 1.29 is 4.33 Å². The molecule has 0 saturated heterocycles. The molecule has 0 radical (unpaired) electrons. The first-order chi connectivity index (χ1) is 7.45. The number of hydrogen-bond donors (Lipinski definition) is 0. The summed E-state index contributed by atoms with van der Waals surface area (Å²) in [6, 6.07) is 18.4. The molecule has 0 N–H and O–H groups in total. The Labute approximate surface area is 88.6 Å². The topological polar surface area (TPSA) is 13.1 Å². The molecule has 3 rings (SSSR count). The zero-order chi connectivity index (χ0) is 10.1. The van der Waals surface area contributed by atoms with E-state index < -0.39 is 0 Å². The van der Waals surface area contributed by atoms with Gasteiger partial charge >= 0.3 is 88.0 Å². The van der Waals surface area contributed by atoms with E-state index in [0.717, 1.165) is 16.6 Å². The van der Waals surface area contributed by atoms with Gasteiger partial charge in [0.15, 0.2) is 0 Å². The van der Waals surface area contributed by atoms with Gasteiger partial charge < -0.3 is 0 Å². The first-order valence-electron chi connectivity index (χ1n) is 4.97. The fourth-order valence-corrected chi connectivity index (χ4v) is 1.81. The molecule has 3 aromatic rings. The first-order valence-corrected chi connectivity index (χ1v) is 4.97. The minimum absolute atomic E-state index is 0.950. The third kappa shape index (κ3) is 1.38. The van der Waals surface area contributed by atoms with Crippen molar-refractivity contribution in [2.24, 2.45) is 0 Å². The third-order valence-electron chi connectivity index (χ3n) is 2.55. The minimum atomic E-state index is 0.950. The quantitative estimate of drug-likeness (QED) is 0.575. The van der Waals surface area contributed by atoms with Crippen molar-refractivity contribution >= 4 is 17.8 Å². The summed E-state index contributed by atoms with van der Waals surface area (Å²) in [6.45, 7) is 0. The molecule has 0 aliphatic carbocycles. The molecule has 0 saturated carbocycles. The molecule has 2 aromatic carbocycles. The van der Waals surface area contributed by atoms with Crippen LogP contribution in [0, 0.1) is 0 Å². The molecule has 1 aromatic heterocycles. The molecule has 0 aliphatic heterocycles. The van der Waals surface area contributed by atoms with Gasteiger partial charge in [0.05, 0.1) is 0 Å². The zero-order valence-corrected chi connectivity index (χ0v) is 8.18. The Bertz CT molecular complexity index is 584. The Morgan fingerprint density at radius 3 is 2.40 bits per heavy atom. The summed E-state index contributed by atoms with van der Waals surface area (Å²) in [5, 5.41) is 2.32. The summed E-state index contributed by atoms with van der Waals surface area (Å²) in [5.41, 5.74) is 1.12. The van der Waals surface area contributed by atoms with Gasteiger partial charge in [0.2, 0.25) is 0 Å². The van der Waals surface area contributed by atoms with Crippen LogP contribution in [-0.4, -0.2) is 7.13 Å². The van der Waals surface area contributed by atoms with Crippen LogP contribution in [0.1, 0.15) is 0 Å². The van der Waals surface area contributed by atoms with Gasteiger partial charge in [-0.1, -0.05) is 0 Å². The summed E-state index contributed by atoms with van der Waals surface area (Å²) in [5.74, 6) is 0.950. The number of rotatable bonds is 1. The fraction of sp³-hybridized carbons (Fsp3) is 0. The first kappa shape index (κ1) is 8.48. The van der Waals surface area contributed by atoms with Crippen molar-refractivity contribution in [3.05, 3.63) is 54.6 Å². The average molecular weight is 192 g/mol. The Balaban J connectivity index is 2.28. The standard InChI is InChI=1S/C13H9BO/c1-2-6-10(7-3-1)13-11-8-4-5-9-12(11)14-15-13/h1-9H. The van der Waals surface area contributed by atoms with E-state index in [9.17, 15) is 0 Å². The summed E-state index contributed by atoms with van der Waals surface area (Å²) in [4.78, 5) is 0. The van der Waals surface area contributed by atoms with Gasteiger partial charge in [0.1, 0.15) is 0 Å². The third-order valence-corrected chi connectivity index (χ3v) is 2.55. The second kappa shape index (κ2) is 3.39. The second-order valence-corrected chi connectivity index (χ2v) is 3.52. The van der Waals surface area contributed by atoms with Crippen molar-refractivity contribution in [3.8, 4) is 11.3 Å². The van der Waals surface area contributed by atoms with Gasteiger partial charge in [-0.3, -0.25) is 0 Å². The Morgan fingerprint density at radius 2 is 1.53 bits per heavy atom. The number of hydrogen-bond acceptors (Lipinski definition) is 1. The van der Waals surface area contributed by atoms with Crippen LogP contribution in [0.4, 0.5) is 0 Å². The van der Waals surface area contributed by atoms with E-state index in [-0.39, 0.29) is 0 Å². The average Bonchev–Trinajstić information content (AvgIpc) is 2.74. The molecule has 0 bridgehead atoms. The van der Waals surface area contributed by atoms with Crippen molar-refractivity contribution in [2.45, 2.75) is 0 Å². The van der Waals surface area contributed by atoms with Crippen LogP contribution < -0.4 is 0 Å². The van der Waals surface area contributed by atoms with Crippen molar-refractivity contribution in [1.29, 1.82) is 0 Å². The molecule has 0 fully saturated rings. The van der Waals surface area contributed by atoms with Crippen LogP contribution in [0.25, 0.3) is 22.0 Å². The maximum absolute atomic E-state index is 5.60. The van der Waals surface area contributed by atoms with Crippen LogP contribution in [0.2, 0.25) is 0 Å². The van der Waals surface area contributed by atoms with E-state index in [1.807, 2.05) is 30.3 Å². The summed E-state index contributed by atoms with van der Waals surface area (Å²) >= 11 is 0. The Hall–Kier alpha value is -1.83. The molecule has 15 heavy (non-hydrogen) atoms. The number of fused-ring (bicyclic) bond motifs is 1. The summed E-state index contributed by atoms with van der Waals surface area (Å²) in [7, 11) is 1.80. The molecule has 2 heteroatoms. The van der Waals surface area contributed by atoms with Gasteiger partial charge in [0.25, 0.3) is 0 Å². The summed E-state index contributed by atoms with van der Waals surface area (Å²) in [6.07, 6.45) is 0. The van der Waals surface area contributed by atoms with E-state index in [0.29, 0.717) is 0 Å². The van der Waals surface area contributed by atoms with Gasteiger partial charge in [-0.25, -0.2) is 0 Å². The SMILES string of the molecule is b1oc(-c2ccccc2)c2ccccc12. The molecule has 0 atom stereocenters. The van der Waals surface area contributed by atoms with Crippen molar-refractivity contribution in [1.82, 2.24) is 0 Å².